The van der Waals surface area contributed by atoms with Crippen LogP contribution in [0.3, 0.4) is 0 Å². The maximum atomic E-state index is 4.44. The Morgan fingerprint density at radius 2 is 2.08 bits per heavy atom. The maximum absolute atomic E-state index is 4.44. The van der Waals surface area contributed by atoms with Crippen LogP contribution in [0.15, 0.2) is 55.1 Å². The molecule has 1 saturated heterocycles. The van der Waals surface area contributed by atoms with Crippen molar-refractivity contribution in [2.75, 3.05) is 11.9 Å². The number of hydrogen-bond acceptors (Lipinski definition) is 5. The fraction of sp³-hybridized carbons (Fsp3) is 0.316. The molecule has 0 saturated carbocycles. The Bertz CT molecular complexity index is 829. The van der Waals surface area contributed by atoms with Crippen LogP contribution in [0.4, 0.5) is 11.6 Å². The number of nitrogens with zero attached hydrogens (tertiary/aromatic N) is 5. The number of rotatable bonds is 5. The summed E-state index contributed by atoms with van der Waals surface area (Å²) in [6, 6.07) is 10.5. The van der Waals surface area contributed by atoms with E-state index in [2.05, 4.69) is 43.6 Å². The number of likely N-dealkylation sites (tertiary alicyclic amines) is 1. The van der Waals surface area contributed by atoms with Crippen molar-refractivity contribution in [1.82, 2.24) is 24.6 Å². The second-order valence-electron chi connectivity index (χ2n) is 6.47. The van der Waals surface area contributed by atoms with Gasteiger partial charge in [-0.15, -0.1) is 0 Å². The predicted molar refractivity (Wildman–Crippen MR) is 97.3 cm³/mol. The van der Waals surface area contributed by atoms with E-state index in [0.29, 0.717) is 6.04 Å². The molecule has 0 spiro atoms. The molecule has 0 amide bonds. The van der Waals surface area contributed by atoms with Gasteiger partial charge in [0.2, 0.25) is 0 Å². The first-order chi connectivity index (χ1) is 12.3. The zero-order chi connectivity index (χ0) is 17.1. The molecular formula is C19H22N6. The molecule has 1 fully saturated rings. The van der Waals surface area contributed by atoms with Crippen LogP contribution in [-0.2, 0) is 13.6 Å². The molecule has 128 valence electrons. The molecule has 25 heavy (non-hydrogen) atoms. The van der Waals surface area contributed by atoms with E-state index in [1.807, 2.05) is 42.3 Å². The summed E-state index contributed by atoms with van der Waals surface area (Å²) in [5.41, 5.74) is 2.56. The first kappa shape index (κ1) is 15.8. The predicted octanol–water partition coefficient (Wildman–Crippen LogP) is 3.29. The zero-order valence-corrected chi connectivity index (χ0v) is 14.3. The van der Waals surface area contributed by atoms with Crippen LogP contribution in [0.25, 0.3) is 0 Å². The number of pyridine rings is 2. The van der Waals surface area contributed by atoms with E-state index >= 15 is 0 Å². The molecule has 6 heteroatoms. The van der Waals surface area contributed by atoms with E-state index in [0.717, 1.165) is 24.7 Å². The molecule has 3 aromatic heterocycles. The summed E-state index contributed by atoms with van der Waals surface area (Å²) in [6.07, 6.45) is 10.1. The highest BCUT2D eigenvalue weighted by atomic mass is 15.2. The van der Waals surface area contributed by atoms with Gasteiger partial charge in [0.1, 0.15) is 11.6 Å². The smallest absolute Gasteiger partial charge is 0.131 e. The Morgan fingerprint density at radius 3 is 2.88 bits per heavy atom. The summed E-state index contributed by atoms with van der Waals surface area (Å²) < 4.78 is 1.86. The molecule has 4 rings (SSSR count). The van der Waals surface area contributed by atoms with Gasteiger partial charge in [-0.2, -0.15) is 5.10 Å². The molecule has 1 atom stereocenters. The lowest BCUT2D eigenvalue weighted by atomic mass is 10.1. The van der Waals surface area contributed by atoms with Crippen molar-refractivity contribution >= 4 is 11.6 Å². The second kappa shape index (κ2) is 7.03. The minimum absolute atomic E-state index is 0.424. The molecular weight excluding hydrogens is 312 g/mol. The number of aromatic nitrogens is 4. The summed E-state index contributed by atoms with van der Waals surface area (Å²) in [7, 11) is 1.96. The van der Waals surface area contributed by atoms with Crippen molar-refractivity contribution in [2.24, 2.45) is 7.05 Å². The topological polar surface area (TPSA) is 58.9 Å². The number of hydrogen-bond donors (Lipinski definition) is 1. The number of nitrogens with one attached hydrogen (secondary N) is 1. The van der Waals surface area contributed by atoms with Crippen molar-refractivity contribution in [1.29, 1.82) is 0 Å². The largest absolute Gasteiger partial charge is 0.325 e. The normalized spacial score (nSPS) is 17.7. The van der Waals surface area contributed by atoms with Crippen LogP contribution in [0.5, 0.6) is 0 Å². The van der Waals surface area contributed by atoms with E-state index in [4.69, 9.17) is 0 Å². The van der Waals surface area contributed by atoms with E-state index in [1.165, 1.54) is 24.0 Å². The third-order valence-corrected chi connectivity index (χ3v) is 4.60. The van der Waals surface area contributed by atoms with Crippen molar-refractivity contribution in [3.63, 3.8) is 0 Å². The van der Waals surface area contributed by atoms with Crippen LogP contribution in [0.1, 0.15) is 30.0 Å². The molecule has 3 aromatic rings. The Hall–Kier alpha value is -2.73. The van der Waals surface area contributed by atoms with Crippen molar-refractivity contribution < 1.29 is 0 Å². The summed E-state index contributed by atoms with van der Waals surface area (Å²) in [5.74, 6) is 1.65. The van der Waals surface area contributed by atoms with Gasteiger partial charge >= 0.3 is 0 Å². The van der Waals surface area contributed by atoms with Gasteiger partial charge in [0.15, 0.2) is 0 Å². The fourth-order valence-corrected chi connectivity index (χ4v) is 3.47. The lowest BCUT2D eigenvalue weighted by Gasteiger charge is -2.24. The van der Waals surface area contributed by atoms with Gasteiger partial charge in [-0.3, -0.25) is 9.58 Å². The number of aryl methyl sites for hydroxylation is 1. The van der Waals surface area contributed by atoms with Crippen LogP contribution < -0.4 is 5.32 Å². The Morgan fingerprint density at radius 1 is 1.16 bits per heavy atom. The maximum Gasteiger partial charge on any atom is 0.131 e. The monoisotopic (exact) mass is 334 g/mol. The van der Waals surface area contributed by atoms with Gasteiger partial charge in [-0.1, -0.05) is 6.07 Å². The first-order valence-electron chi connectivity index (χ1n) is 8.63. The van der Waals surface area contributed by atoms with Crippen molar-refractivity contribution in [3.05, 3.63) is 66.2 Å². The molecule has 0 aliphatic carbocycles. The first-order valence-corrected chi connectivity index (χ1v) is 8.63. The van der Waals surface area contributed by atoms with Crippen LogP contribution in [-0.4, -0.2) is 31.2 Å². The van der Waals surface area contributed by atoms with Crippen LogP contribution >= 0.6 is 0 Å². The fourth-order valence-electron chi connectivity index (χ4n) is 3.47. The summed E-state index contributed by atoms with van der Waals surface area (Å²) in [5, 5.41) is 7.56. The Balaban J connectivity index is 1.51. The Labute approximate surface area is 147 Å². The molecule has 0 radical (unpaired) electrons. The van der Waals surface area contributed by atoms with Gasteiger partial charge in [-0.05, 0) is 49.2 Å². The molecule has 0 bridgehead atoms. The van der Waals surface area contributed by atoms with Gasteiger partial charge in [-0.25, -0.2) is 9.97 Å². The van der Waals surface area contributed by atoms with E-state index < -0.39 is 0 Å². The highest BCUT2D eigenvalue weighted by molar-refractivity contribution is 5.52. The SMILES string of the molecule is Cn1cc(CN2CCC[C@@H]2c2ccnc(Nc3ccccn3)c2)cn1. The van der Waals surface area contributed by atoms with Crippen LogP contribution in [0, 0.1) is 0 Å². The third-order valence-electron chi connectivity index (χ3n) is 4.60. The quantitative estimate of drug-likeness (QED) is 0.776. The molecule has 1 aliphatic heterocycles. The summed E-state index contributed by atoms with van der Waals surface area (Å²) >= 11 is 0. The minimum Gasteiger partial charge on any atom is -0.325 e. The zero-order valence-electron chi connectivity index (χ0n) is 14.3. The van der Waals surface area contributed by atoms with Crippen molar-refractivity contribution in [3.8, 4) is 0 Å². The summed E-state index contributed by atoms with van der Waals surface area (Å²) in [4.78, 5) is 11.3. The highest BCUT2D eigenvalue weighted by Gasteiger charge is 2.26. The lowest BCUT2D eigenvalue weighted by Crippen LogP contribution is -2.22. The highest BCUT2D eigenvalue weighted by Crippen LogP contribution is 2.33. The molecule has 4 heterocycles. The third kappa shape index (κ3) is 3.69. The number of anilines is 2. The summed E-state index contributed by atoms with van der Waals surface area (Å²) in [6.45, 7) is 2.05. The molecule has 0 unspecified atom stereocenters. The average molecular weight is 334 g/mol. The van der Waals surface area contributed by atoms with Gasteiger partial charge in [0.05, 0.1) is 6.20 Å². The molecule has 1 aliphatic rings. The van der Waals surface area contributed by atoms with E-state index in [9.17, 15) is 0 Å². The van der Waals surface area contributed by atoms with Crippen molar-refractivity contribution in [2.45, 2.75) is 25.4 Å². The second-order valence-corrected chi connectivity index (χ2v) is 6.47. The van der Waals surface area contributed by atoms with Crippen LogP contribution in [0.2, 0.25) is 0 Å². The molecule has 6 nitrogen and oxygen atoms in total. The molecule has 1 N–H and O–H groups in total. The van der Waals surface area contributed by atoms with E-state index in [1.54, 1.807) is 6.20 Å². The minimum atomic E-state index is 0.424. The Kier molecular flexibility index (Phi) is 4.43. The average Bonchev–Trinajstić information content (AvgIpc) is 3.25. The van der Waals surface area contributed by atoms with E-state index in [-0.39, 0.29) is 0 Å². The van der Waals surface area contributed by atoms with Gasteiger partial charge in [0.25, 0.3) is 0 Å². The van der Waals surface area contributed by atoms with Gasteiger partial charge < -0.3 is 5.32 Å². The standard InChI is InChI=1S/C19H22N6/c1-24-13-15(12-22-24)14-25-10-4-5-17(25)16-7-9-21-19(11-16)23-18-6-2-3-8-20-18/h2-3,6-9,11-13,17H,4-5,10,14H2,1H3,(H,20,21,23)/t17-/m1/s1. The lowest BCUT2D eigenvalue weighted by molar-refractivity contribution is 0.248. The van der Waals surface area contributed by atoms with Gasteiger partial charge in [0, 0.05) is 43.8 Å². The molecule has 0 aromatic carbocycles.